The summed E-state index contributed by atoms with van der Waals surface area (Å²) in [5, 5.41) is 14.3. The Morgan fingerprint density at radius 3 is 2.43 bits per heavy atom. The molecule has 0 saturated carbocycles. The Hall–Kier alpha value is -0.180. The van der Waals surface area contributed by atoms with E-state index in [-0.39, 0.29) is 35.5 Å². The fourth-order valence-corrected chi connectivity index (χ4v) is 1.95. The first kappa shape index (κ1) is 23.1. The van der Waals surface area contributed by atoms with Crippen LogP contribution < -0.4 is 5.73 Å². The molecular weight excluding hydrogens is 335 g/mol. The van der Waals surface area contributed by atoms with Gasteiger partial charge in [0.05, 0.1) is 6.54 Å². The predicted molar refractivity (Wildman–Crippen MR) is 90.8 cm³/mol. The number of aromatic nitrogens is 2. The van der Waals surface area contributed by atoms with E-state index in [2.05, 4.69) is 18.9 Å². The standard InChI is InChI=1S/C12H24N4O2S.2ClH/c1-8(2)7-9(13)10(17)11-14-16(12(19)18-11)6-5-15(3)4;;/h8-10,17H,5-7,13H2,1-4H3;2*1H/t9-,10?;;/m0../s1. The van der Waals surface area contributed by atoms with Crippen LogP contribution in [0, 0.1) is 10.8 Å². The molecule has 21 heavy (non-hydrogen) atoms. The summed E-state index contributed by atoms with van der Waals surface area (Å²) in [7, 11) is 3.94. The van der Waals surface area contributed by atoms with Gasteiger partial charge in [0.15, 0.2) is 0 Å². The zero-order valence-corrected chi connectivity index (χ0v) is 15.3. The van der Waals surface area contributed by atoms with Crippen molar-refractivity contribution in [1.82, 2.24) is 14.7 Å². The van der Waals surface area contributed by atoms with E-state index in [0.29, 0.717) is 18.9 Å². The van der Waals surface area contributed by atoms with Gasteiger partial charge in [-0.2, -0.15) is 0 Å². The summed E-state index contributed by atoms with van der Waals surface area (Å²) < 4.78 is 6.91. The summed E-state index contributed by atoms with van der Waals surface area (Å²) >= 11 is 5.08. The molecule has 0 spiro atoms. The molecule has 0 aliphatic heterocycles. The second kappa shape index (κ2) is 10.5. The second-order valence-electron chi connectivity index (χ2n) is 5.47. The molecular formula is C12H26Cl2N4O2S. The fraction of sp³-hybridized carbons (Fsp3) is 0.833. The molecule has 1 aromatic heterocycles. The van der Waals surface area contributed by atoms with Crippen LogP contribution in [0.15, 0.2) is 4.42 Å². The molecule has 9 heteroatoms. The van der Waals surface area contributed by atoms with Crippen LogP contribution in [0.4, 0.5) is 0 Å². The lowest BCUT2D eigenvalue weighted by Gasteiger charge is -2.17. The summed E-state index contributed by atoms with van der Waals surface area (Å²) in [5.41, 5.74) is 5.93. The van der Waals surface area contributed by atoms with Crippen molar-refractivity contribution in [3.63, 3.8) is 0 Å². The molecule has 0 aliphatic carbocycles. The van der Waals surface area contributed by atoms with Gasteiger partial charge in [-0.3, -0.25) is 0 Å². The molecule has 0 aromatic carbocycles. The highest BCUT2D eigenvalue weighted by Gasteiger charge is 2.23. The number of nitrogens with two attached hydrogens (primary N) is 1. The molecule has 1 heterocycles. The van der Waals surface area contributed by atoms with Crippen molar-refractivity contribution in [1.29, 1.82) is 0 Å². The minimum absolute atomic E-state index is 0. The predicted octanol–water partition coefficient (Wildman–Crippen LogP) is 2.02. The lowest BCUT2D eigenvalue weighted by Crippen LogP contribution is -2.30. The van der Waals surface area contributed by atoms with E-state index in [1.807, 2.05) is 19.0 Å². The maximum Gasteiger partial charge on any atom is 0.287 e. The molecule has 1 unspecified atom stereocenters. The lowest BCUT2D eigenvalue weighted by atomic mass is 10.0. The van der Waals surface area contributed by atoms with Crippen molar-refractivity contribution in [3.05, 3.63) is 10.7 Å². The normalized spacial score (nSPS) is 13.7. The molecule has 126 valence electrons. The first-order valence-electron chi connectivity index (χ1n) is 6.47. The minimum Gasteiger partial charge on any atom is -0.411 e. The van der Waals surface area contributed by atoms with Gasteiger partial charge in [0, 0.05) is 12.6 Å². The third-order valence-electron chi connectivity index (χ3n) is 2.78. The number of halogens is 2. The molecule has 2 atom stereocenters. The van der Waals surface area contributed by atoms with Crippen LogP contribution in [0.25, 0.3) is 0 Å². The average Bonchev–Trinajstić information content (AvgIpc) is 2.66. The van der Waals surface area contributed by atoms with Gasteiger partial charge in [-0.15, -0.1) is 29.9 Å². The smallest absolute Gasteiger partial charge is 0.287 e. The van der Waals surface area contributed by atoms with E-state index in [0.717, 1.165) is 6.54 Å². The van der Waals surface area contributed by atoms with Crippen LogP contribution in [0.1, 0.15) is 32.3 Å². The third-order valence-corrected chi connectivity index (χ3v) is 3.08. The maximum absolute atomic E-state index is 10.1. The largest absolute Gasteiger partial charge is 0.411 e. The monoisotopic (exact) mass is 360 g/mol. The maximum atomic E-state index is 10.1. The number of hydrogen-bond acceptors (Lipinski definition) is 6. The lowest BCUT2D eigenvalue weighted by molar-refractivity contribution is 0.106. The van der Waals surface area contributed by atoms with E-state index in [9.17, 15) is 5.11 Å². The molecule has 1 aromatic rings. The summed E-state index contributed by atoms with van der Waals surface area (Å²) in [6, 6.07) is -0.393. The first-order valence-corrected chi connectivity index (χ1v) is 6.88. The summed E-state index contributed by atoms with van der Waals surface area (Å²) in [4.78, 5) is 2.30. The van der Waals surface area contributed by atoms with Crippen LogP contribution in [0.5, 0.6) is 0 Å². The number of rotatable bonds is 7. The molecule has 6 nitrogen and oxygen atoms in total. The van der Waals surface area contributed by atoms with Crippen molar-refractivity contribution in [2.45, 2.75) is 39.0 Å². The Morgan fingerprint density at radius 2 is 1.95 bits per heavy atom. The van der Waals surface area contributed by atoms with Gasteiger partial charge in [-0.05, 0) is 38.7 Å². The highest BCUT2D eigenvalue weighted by Crippen LogP contribution is 2.19. The number of nitrogens with zero attached hydrogens (tertiary/aromatic N) is 3. The number of aliphatic hydroxyl groups is 1. The van der Waals surface area contributed by atoms with Crippen molar-refractivity contribution in [2.75, 3.05) is 20.6 Å². The van der Waals surface area contributed by atoms with Crippen LogP contribution in [0.3, 0.4) is 0 Å². The van der Waals surface area contributed by atoms with Crippen molar-refractivity contribution in [2.24, 2.45) is 11.7 Å². The first-order chi connectivity index (χ1) is 8.81. The zero-order chi connectivity index (χ0) is 14.6. The van der Waals surface area contributed by atoms with Crippen molar-refractivity contribution >= 4 is 37.0 Å². The fourth-order valence-electron chi connectivity index (χ4n) is 1.73. The molecule has 0 amide bonds. The average molecular weight is 361 g/mol. The summed E-state index contributed by atoms with van der Waals surface area (Å²) in [6.45, 7) is 5.53. The van der Waals surface area contributed by atoms with Crippen LogP contribution >= 0.6 is 37.0 Å². The zero-order valence-electron chi connectivity index (χ0n) is 12.9. The van der Waals surface area contributed by atoms with Crippen LogP contribution in [-0.4, -0.2) is 46.5 Å². The number of hydrogen-bond donors (Lipinski definition) is 2. The SMILES string of the molecule is CC(C)C[C@H](N)C(O)c1nn(CCN(C)C)c(=S)o1.Cl.Cl. The molecule has 0 bridgehead atoms. The van der Waals surface area contributed by atoms with E-state index in [4.69, 9.17) is 22.4 Å². The molecule has 0 aliphatic rings. The second-order valence-corrected chi connectivity index (χ2v) is 5.82. The highest BCUT2D eigenvalue weighted by molar-refractivity contribution is 7.71. The van der Waals surface area contributed by atoms with Crippen molar-refractivity contribution < 1.29 is 9.52 Å². The quantitative estimate of drug-likeness (QED) is 0.724. The van der Waals surface area contributed by atoms with E-state index >= 15 is 0 Å². The molecule has 1 rings (SSSR count). The Labute approximate surface area is 143 Å². The molecule has 3 N–H and O–H groups in total. The Morgan fingerprint density at radius 1 is 1.38 bits per heavy atom. The van der Waals surface area contributed by atoms with Gasteiger partial charge < -0.3 is 20.2 Å². The molecule has 0 fully saturated rings. The van der Waals surface area contributed by atoms with E-state index in [1.54, 1.807) is 4.68 Å². The van der Waals surface area contributed by atoms with E-state index in [1.165, 1.54) is 0 Å². The van der Waals surface area contributed by atoms with Gasteiger partial charge in [0.25, 0.3) is 4.84 Å². The van der Waals surface area contributed by atoms with Gasteiger partial charge in [0.2, 0.25) is 5.89 Å². The van der Waals surface area contributed by atoms with Crippen molar-refractivity contribution in [3.8, 4) is 0 Å². The summed E-state index contributed by atoms with van der Waals surface area (Å²) in [5.74, 6) is 0.611. The van der Waals surface area contributed by atoms with Crippen LogP contribution in [-0.2, 0) is 6.54 Å². The Kier molecular flexibility index (Phi) is 11.6. The number of aliphatic hydroxyl groups excluding tert-OH is 1. The highest BCUT2D eigenvalue weighted by atomic mass is 35.5. The Bertz CT molecular complexity index is 451. The molecule has 0 radical (unpaired) electrons. The van der Waals surface area contributed by atoms with Gasteiger partial charge in [-0.1, -0.05) is 13.8 Å². The summed E-state index contributed by atoms with van der Waals surface area (Å²) in [6.07, 6.45) is -0.210. The third kappa shape index (κ3) is 7.58. The topological polar surface area (TPSA) is 80.4 Å². The van der Waals surface area contributed by atoms with E-state index < -0.39 is 12.1 Å². The van der Waals surface area contributed by atoms with Gasteiger partial charge in [-0.25, -0.2) is 4.68 Å². The van der Waals surface area contributed by atoms with Crippen LogP contribution in [0.2, 0.25) is 0 Å². The molecule has 0 saturated heterocycles. The van der Waals surface area contributed by atoms with Gasteiger partial charge >= 0.3 is 0 Å². The van der Waals surface area contributed by atoms with Gasteiger partial charge in [0.1, 0.15) is 6.10 Å². The minimum atomic E-state index is -0.912. The number of likely N-dealkylation sites (N-methyl/N-ethyl adjacent to an activating group) is 1. The Balaban J connectivity index is 0.